The van der Waals surface area contributed by atoms with E-state index in [2.05, 4.69) is 36.0 Å². The first-order valence-corrected chi connectivity index (χ1v) is 9.56. The summed E-state index contributed by atoms with van der Waals surface area (Å²) in [5.74, 6) is 2.37. The van der Waals surface area contributed by atoms with E-state index in [9.17, 15) is 0 Å². The van der Waals surface area contributed by atoms with Gasteiger partial charge in [-0.2, -0.15) is 0 Å². The number of aliphatic imine (C=N–C) groups is 1. The van der Waals surface area contributed by atoms with E-state index >= 15 is 0 Å². The minimum atomic E-state index is 0. The van der Waals surface area contributed by atoms with Gasteiger partial charge >= 0.3 is 0 Å². The molecule has 0 radical (unpaired) electrons. The number of nitrogens with zero attached hydrogens (tertiary/aromatic N) is 3. The SMILES string of the molecule is CCNC(=NCC(C)CN1CCOCC1)N(C)CCOCC1CC1.I. The molecule has 1 heterocycles. The quantitative estimate of drug-likeness (QED) is 0.230. The number of nitrogens with one attached hydrogen (secondary N) is 1. The van der Waals surface area contributed by atoms with Gasteiger partial charge < -0.3 is 19.7 Å². The van der Waals surface area contributed by atoms with Crippen LogP contribution in [0.5, 0.6) is 0 Å². The third-order valence-electron chi connectivity index (χ3n) is 4.54. The molecule has 1 N–H and O–H groups in total. The van der Waals surface area contributed by atoms with Crippen molar-refractivity contribution in [2.45, 2.75) is 26.7 Å². The Labute approximate surface area is 170 Å². The second-order valence-corrected chi connectivity index (χ2v) is 7.15. The van der Waals surface area contributed by atoms with Gasteiger partial charge in [-0.3, -0.25) is 9.89 Å². The second-order valence-electron chi connectivity index (χ2n) is 7.15. The molecule has 2 aliphatic rings. The molecule has 0 aromatic carbocycles. The van der Waals surface area contributed by atoms with Gasteiger partial charge in [-0.05, 0) is 31.6 Å². The molecule has 6 nitrogen and oxygen atoms in total. The average molecular weight is 468 g/mol. The van der Waals surface area contributed by atoms with E-state index in [1.165, 1.54) is 12.8 Å². The summed E-state index contributed by atoms with van der Waals surface area (Å²) < 4.78 is 11.2. The van der Waals surface area contributed by atoms with Crippen LogP contribution >= 0.6 is 24.0 Å². The molecular formula is C18H37IN4O2. The van der Waals surface area contributed by atoms with Gasteiger partial charge in [0.05, 0.1) is 19.8 Å². The number of morpholine rings is 1. The zero-order valence-electron chi connectivity index (χ0n) is 16.2. The van der Waals surface area contributed by atoms with E-state index in [-0.39, 0.29) is 24.0 Å². The molecule has 1 aliphatic carbocycles. The normalized spacial score (nSPS) is 20.0. The van der Waals surface area contributed by atoms with Crippen LogP contribution in [-0.2, 0) is 9.47 Å². The van der Waals surface area contributed by atoms with Crippen molar-refractivity contribution in [3.05, 3.63) is 0 Å². The van der Waals surface area contributed by atoms with Crippen LogP contribution < -0.4 is 5.32 Å². The van der Waals surface area contributed by atoms with Crippen molar-refractivity contribution in [2.24, 2.45) is 16.8 Å². The van der Waals surface area contributed by atoms with Gasteiger partial charge in [0.25, 0.3) is 0 Å². The molecule has 1 unspecified atom stereocenters. The smallest absolute Gasteiger partial charge is 0.193 e. The lowest BCUT2D eigenvalue weighted by molar-refractivity contribution is 0.0323. The van der Waals surface area contributed by atoms with E-state index in [0.717, 1.165) is 77.6 Å². The van der Waals surface area contributed by atoms with Gasteiger partial charge in [-0.15, -0.1) is 24.0 Å². The highest BCUT2D eigenvalue weighted by Gasteiger charge is 2.21. The highest BCUT2D eigenvalue weighted by molar-refractivity contribution is 14.0. The largest absolute Gasteiger partial charge is 0.379 e. The Balaban J connectivity index is 0.00000312. The van der Waals surface area contributed by atoms with Crippen LogP contribution in [0.1, 0.15) is 26.7 Å². The highest BCUT2D eigenvalue weighted by atomic mass is 127. The maximum atomic E-state index is 5.74. The molecule has 7 heteroatoms. The van der Waals surface area contributed by atoms with Crippen molar-refractivity contribution in [3.63, 3.8) is 0 Å². The second kappa shape index (κ2) is 13.1. The van der Waals surface area contributed by atoms with E-state index < -0.39 is 0 Å². The lowest BCUT2D eigenvalue weighted by atomic mass is 10.1. The van der Waals surface area contributed by atoms with Crippen molar-refractivity contribution < 1.29 is 9.47 Å². The van der Waals surface area contributed by atoms with Crippen LogP contribution in [0.25, 0.3) is 0 Å². The van der Waals surface area contributed by atoms with Crippen molar-refractivity contribution in [1.29, 1.82) is 0 Å². The molecule has 0 spiro atoms. The number of ether oxygens (including phenoxy) is 2. The summed E-state index contributed by atoms with van der Waals surface area (Å²) in [7, 11) is 2.09. The summed E-state index contributed by atoms with van der Waals surface area (Å²) in [4.78, 5) is 9.48. The molecule has 1 atom stereocenters. The van der Waals surface area contributed by atoms with Crippen molar-refractivity contribution in [3.8, 4) is 0 Å². The van der Waals surface area contributed by atoms with Crippen molar-refractivity contribution >= 4 is 29.9 Å². The molecule has 0 amide bonds. The summed E-state index contributed by atoms with van der Waals surface area (Å²) in [6.07, 6.45) is 2.70. The van der Waals surface area contributed by atoms with Crippen molar-refractivity contribution in [1.82, 2.24) is 15.1 Å². The first-order chi connectivity index (χ1) is 11.7. The number of guanidine groups is 1. The zero-order chi connectivity index (χ0) is 17.2. The number of hydrogen-bond donors (Lipinski definition) is 1. The predicted octanol–water partition coefficient (Wildman–Crippen LogP) is 1.90. The minimum Gasteiger partial charge on any atom is -0.379 e. The van der Waals surface area contributed by atoms with Gasteiger partial charge in [-0.25, -0.2) is 0 Å². The Morgan fingerprint density at radius 2 is 2.08 bits per heavy atom. The lowest BCUT2D eigenvalue weighted by Crippen LogP contribution is -2.42. The predicted molar refractivity (Wildman–Crippen MR) is 114 cm³/mol. The molecule has 25 heavy (non-hydrogen) atoms. The monoisotopic (exact) mass is 468 g/mol. The molecule has 0 aromatic rings. The van der Waals surface area contributed by atoms with Crippen molar-refractivity contribution in [2.75, 3.05) is 72.7 Å². The first kappa shape index (κ1) is 22.9. The van der Waals surface area contributed by atoms with Gasteiger partial charge in [0.1, 0.15) is 0 Å². The van der Waals surface area contributed by atoms with Gasteiger partial charge in [0.15, 0.2) is 5.96 Å². The lowest BCUT2D eigenvalue weighted by Gasteiger charge is -2.29. The summed E-state index contributed by atoms with van der Waals surface area (Å²) in [5.41, 5.74) is 0. The fourth-order valence-electron chi connectivity index (χ4n) is 2.84. The molecule has 1 saturated carbocycles. The van der Waals surface area contributed by atoms with Gasteiger partial charge in [0.2, 0.25) is 0 Å². The molecule has 2 fully saturated rings. The molecule has 1 saturated heterocycles. The van der Waals surface area contributed by atoms with Crippen LogP contribution in [-0.4, -0.2) is 88.5 Å². The minimum absolute atomic E-state index is 0. The number of likely N-dealkylation sites (N-methyl/N-ethyl adjacent to an activating group) is 1. The summed E-state index contributed by atoms with van der Waals surface area (Å²) in [5, 5.41) is 3.39. The van der Waals surface area contributed by atoms with Crippen LogP contribution in [0.15, 0.2) is 4.99 Å². The van der Waals surface area contributed by atoms with Crippen LogP contribution in [0.3, 0.4) is 0 Å². The molecule has 0 aromatic heterocycles. The molecule has 148 valence electrons. The fraction of sp³-hybridized carbons (Fsp3) is 0.944. The standard InChI is InChI=1S/C18H36N4O2.HI/c1-4-19-18(21(3)7-10-24-15-17-5-6-17)20-13-16(2)14-22-8-11-23-12-9-22;/h16-17H,4-15H2,1-3H3,(H,19,20);1H. The van der Waals surface area contributed by atoms with E-state index in [4.69, 9.17) is 14.5 Å². The van der Waals surface area contributed by atoms with E-state index in [0.29, 0.717) is 5.92 Å². The zero-order valence-corrected chi connectivity index (χ0v) is 18.5. The average Bonchev–Trinajstić information content (AvgIpc) is 3.40. The third-order valence-corrected chi connectivity index (χ3v) is 4.54. The molecule has 2 rings (SSSR count). The van der Waals surface area contributed by atoms with Crippen LogP contribution in [0.4, 0.5) is 0 Å². The number of rotatable bonds is 10. The molecular weight excluding hydrogens is 431 g/mol. The van der Waals surface area contributed by atoms with Crippen LogP contribution in [0.2, 0.25) is 0 Å². The Morgan fingerprint density at radius 3 is 2.72 bits per heavy atom. The topological polar surface area (TPSA) is 49.3 Å². The Kier molecular flexibility index (Phi) is 12.0. The summed E-state index contributed by atoms with van der Waals surface area (Å²) >= 11 is 0. The third kappa shape index (κ3) is 9.96. The van der Waals surface area contributed by atoms with E-state index in [1.54, 1.807) is 0 Å². The number of halogens is 1. The Morgan fingerprint density at radius 1 is 1.36 bits per heavy atom. The van der Waals surface area contributed by atoms with Gasteiger partial charge in [0, 0.05) is 52.9 Å². The molecule has 1 aliphatic heterocycles. The molecule has 0 bridgehead atoms. The maximum absolute atomic E-state index is 5.74. The fourth-order valence-corrected chi connectivity index (χ4v) is 2.84. The van der Waals surface area contributed by atoms with Gasteiger partial charge in [-0.1, -0.05) is 6.92 Å². The Bertz CT molecular complexity index is 374. The first-order valence-electron chi connectivity index (χ1n) is 9.56. The van der Waals surface area contributed by atoms with E-state index in [1.807, 2.05) is 0 Å². The van der Waals surface area contributed by atoms with Crippen LogP contribution in [0, 0.1) is 11.8 Å². The maximum Gasteiger partial charge on any atom is 0.193 e. The summed E-state index contributed by atoms with van der Waals surface area (Å²) in [6.45, 7) is 13.7. The Hall–Kier alpha value is -0.120. The number of hydrogen-bond acceptors (Lipinski definition) is 4. The highest BCUT2D eigenvalue weighted by Crippen LogP contribution is 2.28. The summed E-state index contributed by atoms with van der Waals surface area (Å²) in [6, 6.07) is 0.